The number of ether oxygens (including phenoxy) is 2. The van der Waals surface area contributed by atoms with Crippen molar-refractivity contribution in [3.05, 3.63) is 95.6 Å². The van der Waals surface area contributed by atoms with E-state index in [2.05, 4.69) is 0 Å². The van der Waals surface area contributed by atoms with E-state index < -0.39 is 9.71 Å². The smallest absolute Gasteiger partial charge is 0.201 e. The van der Waals surface area contributed by atoms with Crippen LogP contribution in [-0.4, -0.2) is 28.4 Å². The van der Waals surface area contributed by atoms with E-state index >= 15 is 0 Å². The van der Waals surface area contributed by atoms with E-state index in [0.717, 1.165) is 22.4 Å². The Labute approximate surface area is 197 Å². The summed E-state index contributed by atoms with van der Waals surface area (Å²) in [6.45, 7) is 0.369. The van der Waals surface area contributed by atoms with Crippen LogP contribution in [0.15, 0.2) is 78.9 Å². The highest BCUT2D eigenvalue weighted by Gasteiger charge is 2.35. The van der Waals surface area contributed by atoms with Crippen molar-refractivity contribution in [1.82, 2.24) is 0 Å². The van der Waals surface area contributed by atoms with Gasteiger partial charge in [0.1, 0.15) is 17.6 Å². The fourth-order valence-electron chi connectivity index (χ4n) is 3.19. The van der Waals surface area contributed by atoms with Gasteiger partial charge in [-0.1, -0.05) is 89.4 Å². The van der Waals surface area contributed by atoms with Crippen molar-refractivity contribution in [2.24, 2.45) is 5.73 Å². The summed E-state index contributed by atoms with van der Waals surface area (Å²) in [4.78, 5) is 0. The second kappa shape index (κ2) is 11.1. The molecule has 0 saturated carbocycles. The standard InChI is InChI=1S/C23H22Cl3NO2.H4Si/c1-28-19-11-7-17(8-12-19)22(23(24,25)26)18-9-13-20(14-10-18)29-21(15-27)16-5-3-2-4-6-16;/h2-14,21-22H,15,27H2,1H3;1H4. The van der Waals surface area contributed by atoms with Gasteiger partial charge in [0.15, 0.2) is 0 Å². The predicted octanol–water partition coefficient (Wildman–Crippen LogP) is 4.82. The van der Waals surface area contributed by atoms with Crippen molar-refractivity contribution in [2.45, 2.75) is 15.8 Å². The lowest BCUT2D eigenvalue weighted by Gasteiger charge is -2.26. The Morgan fingerprint density at radius 2 is 1.27 bits per heavy atom. The molecule has 3 rings (SSSR count). The van der Waals surface area contributed by atoms with Gasteiger partial charge in [-0.3, -0.25) is 0 Å². The maximum Gasteiger partial charge on any atom is 0.201 e. The largest absolute Gasteiger partial charge is 0.497 e. The van der Waals surface area contributed by atoms with Gasteiger partial charge in [-0.25, -0.2) is 0 Å². The fraction of sp³-hybridized carbons (Fsp3) is 0.217. The molecule has 0 spiro atoms. The van der Waals surface area contributed by atoms with Crippen LogP contribution in [-0.2, 0) is 0 Å². The second-order valence-electron chi connectivity index (χ2n) is 6.57. The molecule has 0 amide bonds. The summed E-state index contributed by atoms with van der Waals surface area (Å²) in [5.41, 5.74) is 8.67. The van der Waals surface area contributed by atoms with Crippen molar-refractivity contribution >= 4 is 45.8 Å². The summed E-state index contributed by atoms with van der Waals surface area (Å²) in [5, 5.41) is 0. The van der Waals surface area contributed by atoms with Gasteiger partial charge in [-0.2, -0.15) is 0 Å². The highest BCUT2D eigenvalue weighted by molar-refractivity contribution is 6.68. The van der Waals surface area contributed by atoms with Gasteiger partial charge >= 0.3 is 0 Å². The van der Waals surface area contributed by atoms with Crippen molar-refractivity contribution < 1.29 is 9.47 Å². The minimum absolute atomic E-state index is 0. The van der Waals surface area contributed by atoms with Crippen LogP contribution in [0.5, 0.6) is 11.5 Å². The number of hydrogen-bond donors (Lipinski definition) is 1. The third-order valence-corrected chi connectivity index (χ3v) is 5.31. The van der Waals surface area contributed by atoms with Crippen molar-refractivity contribution in [3.63, 3.8) is 0 Å². The molecule has 0 fully saturated rings. The average Bonchev–Trinajstić information content (AvgIpc) is 2.73. The van der Waals surface area contributed by atoms with Crippen molar-refractivity contribution in [2.75, 3.05) is 13.7 Å². The third-order valence-electron chi connectivity index (χ3n) is 4.65. The van der Waals surface area contributed by atoms with E-state index in [1.807, 2.05) is 78.9 Å². The minimum atomic E-state index is -1.51. The van der Waals surface area contributed by atoms with Gasteiger partial charge in [-0.05, 0) is 51.9 Å². The molecule has 0 saturated heterocycles. The zero-order chi connectivity index (χ0) is 20.9. The third kappa shape index (κ3) is 6.16. The Kier molecular flexibility index (Phi) is 9.07. The molecular weight excluding hydrogens is 457 g/mol. The highest BCUT2D eigenvalue weighted by Crippen LogP contribution is 2.46. The Bertz CT molecular complexity index is 900. The number of rotatable bonds is 7. The van der Waals surface area contributed by atoms with Gasteiger partial charge in [-0.15, -0.1) is 0 Å². The number of methoxy groups -OCH3 is 1. The monoisotopic (exact) mass is 481 g/mol. The molecule has 0 aliphatic carbocycles. The van der Waals surface area contributed by atoms with Crippen LogP contribution >= 0.6 is 34.8 Å². The summed E-state index contributed by atoms with van der Waals surface area (Å²) in [6.07, 6.45) is -0.229. The van der Waals surface area contributed by atoms with Crippen molar-refractivity contribution in [3.8, 4) is 11.5 Å². The van der Waals surface area contributed by atoms with Crippen LogP contribution in [0.25, 0.3) is 0 Å². The molecule has 3 aromatic carbocycles. The van der Waals surface area contributed by atoms with Crippen LogP contribution in [0.3, 0.4) is 0 Å². The summed E-state index contributed by atoms with van der Waals surface area (Å²) < 4.78 is 9.77. The van der Waals surface area contributed by atoms with E-state index in [1.54, 1.807) is 7.11 Å². The topological polar surface area (TPSA) is 44.5 Å². The van der Waals surface area contributed by atoms with Gasteiger partial charge in [0.2, 0.25) is 3.79 Å². The lowest BCUT2D eigenvalue weighted by atomic mass is 9.92. The van der Waals surface area contributed by atoms with Crippen molar-refractivity contribution in [1.29, 1.82) is 0 Å². The van der Waals surface area contributed by atoms with E-state index in [1.165, 1.54) is 0 Å². The Balaban J connectivity index is 0.00000320. The first kappa shape index (κ1) is 24.6. The maximum absolute atomic E-state index is 6.32. The molecule has 160 valence electrons. The van der Waals surface area contributed by atoms with E-state index in [9.17, 15) is 0 Å². The van der Waals surface area contributed by atoms with Gasteiger partial charge in [0.25, 0.3) is 0 Å². The molecule has 0 bridgehead atoms. The van der Waals surface area contributed by atoms with Gasteiger partial charge in [0, 0.05) is 6.54 Å². The van der Waals surface area contributed by atoms with Crippen LogP contribution in [0.2, 0.25) is 0 Å². The Morgan fingerprint density at radius 3 is 1.70 bits per heavy atom. The lowest BCUT2D eigenvalue weighted by Crippen LogP contribution is -2.19. The fourth-order valence-corrected chi connectivity index (χ4v) is 3.95. The average molecular weight is 483 g/mol. The molecule has 0 radical (unpaired) electrons. The van der Waals surface area contributed by atoms with Crippen LogP contribution in [0, 0.1) is 0 Å². The zero-order valence-corrected chi connectivity index (χ0v) is 18.2. The maximum atomic E-state index is 6.32. The SMILES string of the molecule is COc1ccc(C(c2ccc(OC(CN)c3ccccc3)cc2)C(Cl)(Cl)Cl)cc1.[SiH4]. The first-order chi connectivity index (χ1) is 13.9. The predicted molar refractivity (Wildman–Crippen MR) is 132 cm³/mol. The lowest BCUT2D eigenvalue weighted by molar-refractivity contribution is 0.214. The van der Waals surface area contributed by atoms with Crippen LogP contribution in [0.1, 0.15) is 28.7 Å². The normalized spacial score (nSPS) is 13.1. The molecule has 7 heteroatoms. The first-order valence-corrected chi connectivity index (χ1v) is 10.3. The Morgan fingerprint density at radius 1 is 0.767 bits per heavy atom. The number of alkyl halides is 3. The molecular formula is C23H26Cl3NO2Si. The second-order valence-corrected chi connectivity index (χ2v) is 8.94. The molecule has 0 aromatic heterocycles. The van der Waals surface area contributed by atoms with E-state index in [4.69, 9.17) is 50.0 Å². The molecule has 0 aliphatic heterocycles. The Hall–Kier alpha value is -1.69. The van der Waals surface area contributed by atoms with Gasteiger partial charge < -0.3 is 15.2 Å². The quantitative estimate of drug-likeness (QED) is 0.388. The minimum Gasteiger partial charge on any atom is -0.497 e. The van der Waals surface area contributed by atoms with Gasteiger partial charge in [0.05, 0.1) is 13.0 Å². The number of halogens is 3. The summed E-state index contributed by atoms with van der Waals surface area (Å²) in [5.74, 6) is 1.01. The molecule has 2 N–H and O–H groups in total. The molecule has 3 nitrogen and oxygen atoms in total. The summed E-state index contributed by atoms with van der Waals surface area (Å²) in [7, 11) is 1.62. The van der Waals surface area contributed by atoms with Crippen LogP contribution in [0.4, 0.5) is 0 Å². The molecule has 0 heterocycles. The first-order valence-electron chi connectivity index (χ1n) is 9.14. The van der Waals surface area contributed by atoms with E-state index in [-0.39, 0.29) is 17.1 Å². The van der Waals surface area contributed by atoms with E-state index in [0.29, 0.717) is 12.3 Å². The molecule has 2 unspecified atom stereocenters. The summed E-state index contributed by atoms with van der Waals surface area (Å²) in [6, 6.07) is 24.9. The number of benzene rings is 3. The molecule has 3 aromatic rings. The zero-order valence-electron chi connectivity index (χ0n) is 15.9. The molecule has 0 aliphatic rings. The molecule has 30 heavy (non-hydrogen) atoms. The summed E-state index contributed by atoms with van der Waals surface area (Å²) >= 11 is 19.0. The number of nitrogens with two attached hydrogens (primary N) is 1. The molecule has 2 atom stereocenters. The number of hydrogen-bond acceptors (Lipinski definition) is 3. The van der Waals surface area contributed by atoms with Crippen LogP contribution < -0.4 is 15.2 Å². The highest BCUT2D eigenvalue weighted by atomic mass is 35.6.